The minimum absolute atomic E-state index is 0.112. The molecule has 1 heterocycles. The van der Waals surface area contributed by atoms with Gasteiger partial charge in [-0.05, 0) is 31.0 Å². The van der Waals surface area contributed by atoms with Crippen molar-refractivity contribution in [3.63, 3.8) is 0 Å². The zero-order chi connectivity index (χ0) is 13.8. The van der Waals surface area contributed by atoms with Gasteiger partial charge in [-0.1, -0.05) is 12.8 Å². The third kappa shape index (κ3) is 3.22. The van der Waals surface area contributed by atoms with E-state index in [2.05, 4.69) is 16.0 Å². The molecule has 3 N–H and O–H groups in total. The lowest BCUT2D eigenvalue weighted by Gasteiger charge is -2.14. The number of amides is 2. The Morgan fingerprint density at radius 1 is 1.30 bits per heavy atom. The first kappa shape index (κ1) is 13.2. The summed E-state index contributed by atoms with van der Waals surface area (Å²) in [5.74, 6) is 0.900. The van der Waals surface area contributed by atoms with Crippen LogP contribution < -0.4 is 20.7 Å². The van der Waals surface area contributed by atoms with Gasteiger partial charge in [0.05, 0.1) is 0 Å². The molecule has 0 atom stereocenters. The quantitative estimate of drug-likeness (QED) is 0.775. The molecule has 0 radical (unpaired) electrons. The number of rotatable bonds is 2. The number of nitrogens with one attached hydrogen (secondary N) is 3. The van der Waals surface area contributed by atoms with E-state index in [1.54, 1.807) is 0 Å². The molecule has 1 aromatic carbocycles. The highest BCUT2D eigenvalue weighted by atomic mass is 16.5. The summed E-state index contributed by atoms with van der Waals surface area (Å²) in [4.78, 5) is 11.9. The molecule has 0 unspecified atom stereocenters. The largest absolute Gasteiger partial charge is 0.492 e. The van der Waals surface area contributed by atoms with E-state index in [4.69, 9.17) is 4.74 Å². The number of benzene rings is 1. The first-order chi connectivity index (χ1) is 9.81. The van der Waals surface area contributed by atoms with E-state index in [-0.39, 0.29) is 6.03 Å². The number of hydrogen-bond acceptors (Lipinski definition) is 3. The first-order valence-electron chi connectivity index (χ1n) is 7.35. The van der Waals surface area contributed by atoms with Gasteiger partial charge in [0.25, 0.3) is 0 Å². The summed E-state index contributed by atoms with van der Waals surface area (Å²) < 4.78 is 5.63. The van der Waals surface area contributed by atoms with Gasteiger partial charge in [-0.2, -0.15) is 0 Å². The van der Waals surface area contributed by atoms with E-state index in [1.165, 1.54) is 12.8 Å². The van der Waals surface area contributed by atoms with Crippen LogP contribution >= 0.6 is 0 Å². The molecule has 3 rings (SSSR count). The van der Waals surface area contributed by atoms with E-state index in [9.17, 15) is 4.79 Å². The number of urea groups is 1. The van der Waals surface area contributed by atoms with Crippen molar-refractivity contribution in [2.45, 2.75) is 38.3 Å². The Morgan fingerprint density at radius 2 is 2.15 bits per heavy atom. The van der Waals surface area contributed by atoms with Crippen LogP contribution in [0.1, 0.15) is 31.2 Å². The van der Waals surface area contributed by atoms with Crippen LogP contribution in [-0.4, -0.2) is 25.2 Å². The maximum atomic E-state index is 11.9. The molecule has 20 heavy (non-hydrogen) atoms. The van der Waals surface area contributed by atoms with Gasteiger partial charge in [-0.3, -0.25) is 0 Å². The summed E-state index contributed by atoms with van der Waals surface area (Å²) in [6, 6.07) is 6.01. The van der Waals surface area contributed by atoms with Gasteiger partial charge in [0, 0.05) is 30.4 Å². The molecule has 0 aromatic heterocycles. The van der Waals surface area contributed by atoms with Crippen molar-refractivity contribution in [2.24, 2.45) is 0 Å². The number of hydrogen-bond donors (Lipinski definition) is 3. The summed E-state index contributed by atoms with van der Waals surface area (Å²) >= 11 is 0. The van der Waals surface area contributed by atoms with Crippen LogP contribution in [-0.2, 0) is 6.54 Å². The van der Waals surface area contributed by atoms with Crippen LogP contribution in [0, 0.1) is 0 Å². The van der Waals surface area contributed by atoms with Crippen LogP contribution in [0.25, 0.3) is 0 Å². The van der Waals surface area contributed by atoms with Gasteiger partial charge < -0.3 is 20.7 Å². The highest BCUT2D eigenvalue weighted by Gasteiger charge is 2.17. The Labute approximate surface area is 119 Å². The van der Waals surface area contributed by atoms with Crippen molar-refractivity contribution < 1.29 is 9.53 Å². The smallest absolute Gasteiger partial charge is 0.319 e. The second-order valence-electron chi connectivity index (χ2n) is 5.43. The Morgan fingerprint density at radius 3 is 3.00 bits per heavy atom. The molecule has 2 amide bonds. The maximum absolute atomic E-state index is 11.9. The summed E-state index contributed by atoms with van der Waals surface area (Å²) in [7, 11) is 0. The second kappa shape index (κ2) is 6.13. The molecule has 1 saturated carbocycles. The van der Waals surface area contributed by atoms with Gasteiger partial charge in [0.2, 0.25) is 0 Å². The summed E-state index contributed by atoms with van der Waals surface area (Å²) in [5, 5.41) is 9.22. The van der Waals surface area contributed by atoms with E-state index in [0.717, 1.165) is 42.9 Å². The highest BCUT2D eigenvalue weighted by molar-refractivity contribution is 5.89. The van der Waals surface area contributed by atoms with Crippen molar-refractivity contribution in [3.8, 4) is 5.75 Å². The van der Waals surface area contributed by atoms with Crippen LogP contribution in [0.3, 0.4) is 0 Å². The second-order valence-corrected chi connectivity index (χ2v) is 5.43. The van der Waals surface area contributed by atoms with Crippen LogP contribution in [0.5, 0.6) is 5.75 Å². The predicted molar refractivity (Wildman–Crippen MR) is 78.1 cm³/mol. The molecule has 0 spiro atoms. The topological polar surface area (TPSA) is 62.4 Å². The van der Waals surface area contributed by atoms with Crippen molar-refractivity contribution in [3.05, 3.63) is 23.8 Å². The van der Waals surface area contributed by atoms with Crippen LogP contribution in [0.2, 0.25) is 0 Å². The normalized spacial score (nSPS) is 18.8. The van der Waals surface area contributed by atoms with E-state index < -0.39 is 0 Å². The monoisotopic (exact) mass is 275 g/mol. The van der Waals surface area contributed by atoms with Crippen LogP contribution in [0.15, 0.2) is 18.2 Å². The standard InChI is InChI=1S/C15H21N3O2/c19-15(17-12-3-1-2-4-12)18-13-5-6-14-11(9-13)10-16-7-8-20-14/h5-6,9,12,16H,1-4,7-8,10H2,(H2,17,18,19). The number of fused-ring (bicyclic) bond motifs is 1. The summed E-state index contributed by atoms with van der Waals surface area (Å²) in [6.07, 6.45) is 4.62. The summed E-state index contributed by atoms with van der Waals surface area (Å²) in [6.45, 7) is 2.30. The minimum Gasteiger partial charge on any atom is -0.492 e. The molecule has 1 fully saturated rings. The summed E-state index contributed by atoms with van der Waals surface area (Å²) in [5.41, 5.74) is 1.90. The average molecular weight is 275 g/mol. The highest BCUT2D eigenvalue weighted by Crippen LogP contribution is 2.24. The number of ether oxygens (including phenoxy) is 1. The number of carbonyl (C=O) groups is 1. The van der Waals surface area contributed by atoms with Crippen molar-refractivity contribution >= 4 is 11.7 Å². The third-order valence-electron chi connectivity index (χ3n) is 3.86. The van der Waals surface area contributed by atoms with Crippen molar-refractivity contribution in [2.75, 3.05) is 18.5 Å². The first-order valence-corrected chi connectivity index (χ1v) is 7.35. The Bertz CT molecular complexity index is 484. The van der Waals surface area contributed by atoms with Gasteiger partial charge >= 0.3 is 6.03 Å². The average Bonchev–Trinajstić information content (AvgIpc) is 2.82. The van der Waals surface area contributed by atoms with Crippen molar-refractivity contribution in [1.82, 2.24) is 10.6 Å². The maximum Gasteiger partial charge on any atom is 0.319 e. The zero-order valence-corrected chi connectivity index (χ0v) is 11.6. The Balaban J connectivity index is 1.62. The molecule has 5 heteroatoms. The lowest BCUT2D eigenvalue weighted by molar-refractivity contribution is 0.248. The molecule has 2 aliphatic rings. The molecule has 0 saturated heterocycles. The number of carbonyl (C=O) groups excluding carboxylic acids is 1. The molecule has 1 aliphatic heterocycles. The van der Waals surface area contributed by atoms with E-state index in [1.807, 2.05) is 18.2 Å². The molecule has 0 bridgehead atoms. The lowest BCUT2D eigenvalue weighted by atomic mass is 10.1. The van der Waals surface area contributed by atoms with E-state index in [0.29, 0.717) is 12.6 Å². The predicted octanol–water partition coefficient (Wildman–Crippen LogP) is 2.23. The van der Waals surface area contributed by atoms with Gasteiger partial charge in [-0.25, -0.2) is 4.79 Å². The van der Waals surface area contributed by atoms with Gasteiger partial charge in [-0.15, -0.1) is 0 Å². The molecular weight excluding hydrogens is 254 g/mol. The Kier molecular flexibility index (Phi) is 4.06. The number of anilines is 1. The third-order valence-corrected chi connectivity index (χ3v) is 3.86. The molecule has 108 valence electrons. The molecular formula is C15H21N3O2. The fourth-order valence-corrected chi connectivity index (χ4v) is 2.82. The van der Waals surface area contributed by atoms with Crippen LogP contribution in [0.4, 0.5) is 10.5 Å². The molecule has 1 aromatic rings. The lowest BCUT2D eigenvalue weighted by Crippen LogP contribution is -2.36. The molecule has 1 aliphatic carbocycles. The molecule has 5 nitrogen and oxygen atoms in total. The SMILES string of the molecule is O=C(Nc1ccc2c(c1)CNCCO2)NC1CCCC1. The zero-order valence-electron chi connectivity index (χ0n) is 11.6. The van der Waals surface area contributed by atoms with Crippen molar-refractivity contribution in [1.29, 1.82) is 0 Å². The van der Waals surface area contributed by atoms with E-state index >= 15 is 0 Å². The fraction of sp³-hybridized carbons (Fsp3) is 0.533. The van der Waals surface area contributed by atoms with Gasteiger partial charge in [0.15, 0.2) is 0 Å². The minimum atomic E-state index is -0.112. The Hall–Kier alpha value is -1.75. The van der Waals surface area contributed by atoms with Gasteiger partial charge in [0.1, 0.15) is 12.4 Å². The fourth-order valence-electron chi connectivity index (χ4n) is 2.82.